The fourth-order valence-corrected chi connectivity index (χ4v) is 0.779. The lowest BCUT2D eigenvalue weighted by Crippen LogP contribution is -1.89. The molecule has 1 rings (SSSR count). The first-order chi connectivity index (χ1) is 4.24. The molecule has 0 aromatic heterocycles. The van der Waals surface area contributed by atoms with Crippen LogP contribution in [0.3, 0.4) is 0 Å². The molecule has 3 nitrogen and oxygen atoms in total. The van der Waals surface area contributed by atoms with Crippen molar-refractivity contribution in [2.45, 2.75) is 0 Å². The van der Waals surface area contributed by atoms with E-state index >= 15 is 0 Å². The molecule has 1 heterocycles. The standard InChI is InChI=1S/C5H3BrO3/c6-2-4-3(7)1-5(8)9-4/h1-2,7H/b4-2-. The zero-order chi connectivity index (χ0) is 6.85. The van der Waals surface area contributed by atoms with E-state index < -0.39 is 5.97 Å². The third-order valence-electron chi connectivity index (χ3n) is 0.817. The van der Waals surface area contributed by atoms with Crippen molar-refractivity contribution in [2.75, 3.05) is 0 Å². The van der Waals surface area contributed by atoms with Gasteiger partial charge in [-0.1, -0.05) is 15.9 Å². The van der Waals surface area contributed by atoms with Crippen LogP contribution in [0.2, 0.25) is 0 Å². The number of carbonyl (C=O) groups excluding carboxylic acids is 1. The Morgan fingerprint density at radius 2 is 2.44 bits per heavy atom. The van der Waals surface area contributed by atoms with Crippen LogP contribution in [0.15, 0.2) is 22.6 Å². The summed E-state index contributed by atoms with van der Waals surface area (Å²) in [4.78, 5) is 11.6. The lowest BCUT2D eigenvalue weighted by molar-refractivity contribution is -0.132. The first kappa shape index (κ1) is 6.35. The summed E-state index contributed by atoms with van der Waals surface area (Å²) in [5.74, 6) is -0.532. The van der Waals surface area contributed by atoms with Crippen LogP contribution in [-0.4, -0.2) is 11.1 Å². The molecule has 1 aliphatic heterocycles. The Hall–Kier alpha value is -0.770. The summed E-state index contributed by atoms with van der Waals surface area (Å²) >= 11 is 2.90. The summed E-state index contributed by atoms with van der Waals surface area (Å²) in [7, 11) is 0. The van der Waals surface area contributed by atoms with Crippen LogP contribution in [0.25, 0.3) is 0 Å². The predicted molar refractivity (Wildman–Crippen MR) is 33.8 cm³/mol. The van der Waals surface area contributed by atoms with E-state index in [2.05, 4.69) is 20.7 Å². The van der Waals surface area contributed by atoms with Crippen molar-refractivity contribution in [1.29, 1.82) is 0 Å². The lowest BCUT2D eigenvalue weighted by Gasteiger charge is -1.92. The van der Waals surface area contributed by atoms with Gasteiger partial charge in [-0.25, -0.2) is 4.79 Å². The van der Waals surface area contributed by atoms with Crippen molar-refractivity contribution >= 4 is 21.9 Å². The molecule has 0 aromatic rings. The van der Waals surface area contributed by atoms with Gasteiger partial charge < -0.3 is 9.84 Å². The molecule has 0 radical (unpaired) electrons. The van der Waals surface area contributed by atoms with Crippen LogP contribution in [-0.2, 0) is 9.53 Å². The second kappa shape index (κ2) is 2.23. The maximum absolute atomic E-state index is 10.3. The van der Waals surface area contributed by atoms with E-state index in [0.29, 0.717) is 0 Å². The molecule has 0 saturated heterocycles. The lowest BCUT2D eigenvalue weighted by atomic mass is 10.4. The highest BCUT2D eigenvalue weighted by Crippen LogP contribution is 2.17. The van der Waals surface area contributed by atoms with E-state index in [1.165, 1.54) is 4.99 Å². The monoisotopic (exact) mass is 190 g/mol. The van der Waals surface area contributed by atoms with Crippen molar-refractivity contribution in [3.05, 3.63) is 22.6 Å². The van der Waals surface area contributed by atoms with Crippen LogP contribution in [0.1, 0.15) is 0 Å². The van der Waals surface area contributed by atoms with Crippen molar-refractivity contribution < 1.29 is 14.6 Å². The number of hydrogen-bond acceptors (Lipinski definition) is 3. The average Bonchev–Trinajstić information content (AvgIpc) is 2.10. The van der Waals surface area contributed by atoms with E-state index in [9.17, 15) is 4.79 Å². The summed E-state index contributed by atoms with van der Waals surface area (Å²) in [5, 5.41) is 8.78. The molecule has 0 bridgehead atoms. The Labute approximate surface area is 59.8 Å². The molecule has 4 heteroatoms. The highest BCUT2D eigenvalue weighted by Gasteiger charge is 2.17. The first-order valence-corrected chi connectivity index (χ1v) is 3.09. The summed E-state index contributed by atoms with van der Waals surface area (Å²) < 4.78 is 4.46. The number of carbonyl (C=O) groups is 1. The fourth-order valence-electron chi connectivity index (χ4n) is 0.451. The quantitative estimate of drug-likeness (QED) is 0.585. The molecular weight excluding hydrogens is 188 g/mol. The zero-order valence-corrected chi connectivity index (χ0v) is 5.88. The Morgan fingerprint density at radius 3 is 2.67 bits per heavy atom. The molecule has 48 valence electrons. The topological polar surface area (TPSA) is 46.5 Å². The molecule has 0 saturated carbocycles. The van der Waals surface area contributed by atoms with Crippen molar-refractivity contribution in [3.8, 4) is 0 Å². The van der Waals surface area contributed by atoms with Gasteiger partial charge in [0.05, 0.1) is 6.08 Å². The Balaban J connectivity index is 2.89. The Morgan fingerprint density at radius 1 is 1.78 bits per heavy atom. The molecule has 1 aliphatic rings. The number of cyclic esters (lactones) is 1. The van der Waals surface area contributed by atoms with Gasteiger partial charge in [0, 0.05) is 4.99 Å². The third-order valence-corrected chi connectivity index (χ3v) is 1.23. The second-order valence-corrected chi connectivity index (χ2v) is 1.88. The molecule has 0 aromatic carbocycles. The number of hydrogen-bond donors (Lipinski definition) is 1. The molecule has 0 fully saturated rings. The Kier molecular flexibility index (Phi) is 1.57. The van der Waals surface area contributed by atoms with Gasteiger partial charge in [-0.2, -0.15) is 0 Å². The molecule has 0 spiro atoms. The number of aliphatic hydroxyl groups excluding tert-OH is 1. The summed E-state index contributed by atoms with van der Waals surface area (Å²) in [6, 6.07) is 0. The van der Waals surface area contributed by atoms with Crippen LogP contribution >= 0.6 is 15.9 Å². The van der Waals surface area contributed by atoms with Crippen LogP contribution in [0.5, 0.6) is 0 Å². The van der Waals surface area contributed by atoms with Crippen LogP contribution in [0, 0.1) is 0 Å². The van der Waals surface area contributed by atoms with E-state index in [1.807, 2.05) is 0 Å². The van der Waals surface area contributed by atoms with Gasteiger partial charge in [-0.3, -0.25) is 0 Å². The molecule has 0 aliphatic carbocycles. The molecule has 0 unspecified atom stereocenters. The summed E-state index contributed by atoms with van der Waals surface area (Å²) in [5.41, 5.74) is 0. The van der Waals surface area contributed by atoms with Crippen molar-refractivity contribution in [2.24, 2.45) is 0 Å². The number of halogens is 1. The maximum atomic E-state index is 10.3. The van der Waals surface area contributed by atoms with Gasteiger partial charge in [0.15, 0.2) is 11.5 Å². The minimum atomic E-state index is -0.543. The Bertz CT molecular complexity index is 204. The molecule has 1 N–H and O–H groups in total. The van der Waals surface area contributed by atoms with E-state index in [1.54, 1.807) is 0 Å². The van der Waals surface area contributed by atoms with Crippen LogP contribution in [0.4, 0.5) is 0 Å². The van der Waals surface area contributed by atoms with E-state index in [4.69, 9.17) is 5.11 Å². The minimum absolute atomic E-state index is 0.142. The summed E-state index contributed by atoms with van der Waals surface area (Å²) in [6.45, 7) is 0. The number of rotatable bonds is 0. The van der Waals surface area contributed by atoms with E-state index in [0.717, 1.165) is 6.08 Å². The smallest absolute Gasteiger partial charge is 0.340 e. The van der Waals surface area contributed by atoms with Gasteiger partial charge >= 0.3 is 5.97 Å². The minimum Gasteiger partial charge on any atom is -0.504 e. The molecular formula is C5H3BrO3. The highest BCUT2D eigenvalue weighted by atomic mass is 79.9. The highest BCUT2D eigenvalue weighted by molar-refractivity contribution is 9.11. The van der Waals surface area contributed by atoms with Gasteiger partial charge in [0.2, 0.25) is 0 Å². The maximum Gasteiger partial charge on any atom is 0.340 e. The van der Waals surface area contributed by atoms with Crippen molar-refractivity contribution in [3.63, 3.8) is 0 Å². The SMILES string of the molecule is O=C1C=C(O)/C(=C/Br)O1. The number of esters is 1. The number of aliphatic hydroxyl groups is 1. The fraction of sp³-hybridized carbons (Fsp3) is 0. The van der Waals surface area contributed by atoms with E-state index in [-0.39, 0.29) is 11.5 Å². The van der Waals surface area contributed by atoms with Gasteiger partial charge in [-0.15, -0.1) is 0 Å². The largest absolute Gasteiger partial charge is 0.504 e. The van der Waals surface area contributed by atoms with Gasteiger partial charge in [-0.05, 0) is 0 Å². The van der Waals surface area contributed by atoms with Gasteiger partial charge in [0.25, 0.3) is 0 Å². The third kappa shape index (κ3) is 1.13. The zero-order valence-electron chi connectivity index (χ0n) is 4.30. The average molecular weight is 191 g/mol. The van der Waals surface area contributed by atoms with Crippen molar-refractivity contribution in [1.82, 2.24) is 0 Å². The second-order valence-electron chi connectivity index (χ2n) is 1.42. The predicted octanol–water partition coefficient (Wildman–Crippen LogP) is 1.22. The molecule has 0 atom stereocenters. The number of ether oxygens (including phenoxy) is 1. The summed E-state index contributed by atoms with van der Waals surface area (Å²) in [6.07, 6.45) is 1.01. The molecule has 9 heavy (non-hydrogen) atoms. The van der Waals surface area contributed by atoms with Gasteiger partial charge in [0.1, 0.15) is 0 Å². The van der Waals surface area contributed by atoms with Crippen LogP contribution < -0.4 is 0 Å². The normalized spacial score (nSPS) is 22.1. The first-order valence-electron chi connectivity index (χ1n) is 2.17. The molecule has 0 amide bonds.